The van der Waals surface area contributed by atoms with E-state index in [0.717, 1.165) is 5.69 Å². The van der Waals surface area contributed by atoms with Gasteiger partial charge >= 0.3 is 0 Å². The lowest BCUT2D eigenvalue weighted by atomic mass is 10.2. The number of nitrogens with zero attached hydrogens (tertiary/aromatic N) is 1. The zero-order chi connectivity index (χ0) is 17.8. The molecule has 0 aliphatic carbocycles. The highest BCUT2D eigenvalue weighted by Crippen LogP contribution is 2.22. The lowest BCUT2D eigenvalue weighted by Gasteiger charge is -2.04. The highest BCUT2D eigenvalue weighted by molar-refractivity contribution is 6.30. The van der Waals surface area contributed by atoms with Gasteiger partial charge in [-0.15, -0.1) is 0 Å². The van der Waals surface area contributed by atoms with E-state index < -0.39 is 0 Å². The molecule has 0 bridgehead atoms. The molecular formula is C19H16ClFN2O2. The van der Waals surface area contributed by atoms with Crippen molar-refractivity contribution in [2.45, 2.75) is 13.3 Å². The Morgan fingerprint density at radius 2 is 2.00 bits per heavy atom. The van der Waals surface area contributed by atoms with Crippen molar-refractivity contribution in [3.8, 4) is 11.5 Å². The minimum atomic E-state index is -0.309. The second-order valence-electron chi connectivity index (χ2n) is 5.55. The molecule has 128 valence electrons. The summed E-state index contributed by atoms with van der Waals surface area (Å²) in [7, 11) is 0. The van der Waals surface area contributed by atoms with Gasteiger partial charge in [0.25, 0.3) is 5.91 Å². The van der Waals surface area contributed by atoms with Crippen molar-refractivity contribution in [3.63, 3.8) is 0 Å². The number of amides is 1. The number of benzene rings is 2. The number of nitrogens with one attached hydrogen (secondary N) is 1. The third-order valence-electron chi connectivity index (χ3n) is 3.72. The molecule has 0 radical (unpaired) electrons. The van der Waals surface area contributed by atoms with E-state index in [9.17, 15) is 9.18 Å². The normalized spacial score (nSPS) is 10.7. The number of hydrogen-bond donors (Lipinski definition) is 1. The third-order valence-corrected chi connectivity index (χ3v) is 3.95. The first-order valence-electron chi connectivity index (χ1n) is 7.79. The molecule has 0 unspecified atom stereocenters. The Morgan fingerprint density at radius 1 is 1.24 bits per heavy atom. The van der Waals surface area contributed by atoms with Crippen molar-refractivity contribution in [3.05, 3.63) is 76.4 Å². The first kappa shape index (κ1) is 17.2. The Kier molecular flexibility index (Phi) is 5.14. The minimum Gasteiger partial charge on any atom is -0.441 e. The molecule has 0 saturated heterocycles. The molecule has 0 fully saturated rings. The van der Waals surface area contributed by atoms with Crippen LogP contribution < -0.4 is 5.32 Å². The van der Waals surface area contributed by atoms with Gasteiger partial charge < -0.3 is 9.73 Å². The summed E-state index contributed by atoms with van der Waals surface area (Å²) in [5.74, 6) is 0.614. The SMILES string of the molecule is Cc1oc(-c2ccc(F)cc2)nc1CCNC(=O)c1cccc(Cl)c1. The van der Waals surface area contributed by atoms with Gasteiger partial charge in [0.1, 0.15) is 11.6 Å². The summed E-state index contributed by atoms with van der Waals surface area (Å²) in [4.78, 5) is 16.5. The zero-order valence-corrected chi connectivity index (χ0v) is 14.3. The van der Waals surface area contributed by atoms with Crippen LogP contribution in [0.3, 0.4) is 0 Å². The molecular weight excluding hydrogens is 343 g/mol. The maximum atomic E-state index is 13.0. The molecule has 2 aromatic carbocycles. The fourth-order valence-corrected chi connectivity index (χ4v) is 2.59. The Morgan fingerprint density at radius 3 is 2.72 bits per heavy atom. The van der Waals surface area contributed by atoms with Crippen molar-refractivity contribution < 1.29 is 13.6 Å². The average molecular weight is 359 g/mol. The molecule has 0 saturated carbocycles. The maximum Gasteiger partial charge on any atom is 0.251 e. The van der Waals surface area contributed by atoms with Crippen LogP contribution >= 0.6 is 11.6 Å². The predicted octanol–water partition coefficient (Wildman–Crippen LogP) is 4.42. The largest absolute Gasteiger partial charge is 0.441 e. The number of aromatic nitrogens is 1. The summed E-state index contributed by atoms with van der Waals surface area (Å²) in [6.07, 6.45) is 0.531. The van der Waals surface area contributed by atoms with Crippen LogP contribution in [0.5, 0.6) is 0 Å². The standard InChI is InChI=1S/C19H16ClFN2O2/c1-12-17(23-19(25-12)13-5-7-16(21)8-6-13)9-10-22-18(24)14-3-2-4-15(20)11-14/h2-8,11H,9-10H2,1H3,(H,22,24). The Bertz CT molecular complexity index is 891. The summed E-state index contributed by atoms with van der Waals surface area (Å²) in [5, 5.41) is 3.35. The summed E-state index contributed by atoms with van der Waals surface area (Å²) >= 11 is 5.88. The number of hydrogen-bond acceptors (Lipinski definition) is 3. The molecule has 1 heterocycles. The van der Waals surface area contributed by atoms with E-state index in [0.29, 0.717) is 40.8 Å². The smallest absolute Gasteiger partial charge is 0.251 e. The van der Waals surface area contributed by atoms with Crippen molar-refractivity contribution in [2.24, 2.45) is 0 Å². The predicted molar refractivity (Wildman–Crippen MR) is 94.1 cm³/mol. The van der Waals surface area contributed by atoms with Crippen molar-refractivity contribution in [1.29, 1.82) is 0 Å². The van der Waals surface area contributed by atoms with E-state index in [4.69, 9.17) is 16.0 Å². The van der Waals surface area contributed by atoms with Crippen LogP contribution in [0.25, 0.3) is 11.5 Å². The lowest BCUT2D eigenvalue weighted by Crippen LogP contribution is -2.25. The molecule has 3 rings (SSSR count). The van der Waals surface area contributed by atoms with Crippen LogP contribution in [0.15, 0.2) is 52.9 Å². The van der Waals surface area contributed by atoms with E-state index in [2.05, 4.69) is 10.3 Å². The second-order valence-corrected chi connectivity index (χ2v) is 5.98. The van der Waals surface area contributed by atoms with Crippen LogP contribution in [0, 0.1) is 12.7 Å². The quantitative estimate of drug-likeness (QED) is 0.734. The summed E-state index contributed by atoms with van der Waals surface area (Å²) in [6, 6.07) is 12.7. The maximum absolute atomic E-state index is 13.0. The van der Waals surface area contributed by atoms with Gasteiger partial charge in [-0.05, 0) is 49.4 Å². The Hall–Kier alpha value is -2.66. The minimum absolute atomic E-state index is 0.192. The molecule has 4 nitrogen and oxygen atoms in total. The number of aryl methyl sites for hydroxylation is 1. The molecule has 1 aromatic heterocycles. The van der Waals surface area contributed by atoms with Gasteiger partial charge in [-0.1, -0.05) is 17.7 Å². The number of carbonyl (C=O) groups excluding carboxylic acids is 1. The van der Waals surface area contributed by atoms with Gasteiger partial charge in [0.05, 0.1) is 5.69 Å². The summed E-state index contributed by atoms with van der Waals surface area (Å²) in [5.41, 5.74) is 1.97. The topological polar surface area (TPSA) is 55.1 Å². The van der Waals surface area contributed by atoms with E-state index >= 15 is 0 Å². The molecule has 3 aromatic rings. The van der Waals surface area contributed by atoms with Gasteiger partial charge in [0.2, 0.25) is 5.89 Å². The van der Waals surface area contributed by atoms with Gasteiger partial charge in [0, 0.05) is 29.1 Å². The van der Waals surface area contributed by atoms with Crippen LogP contribution in [0.4, 0.5) is 4.39 Å². The highest BCUT2D eigenvalue weighted by Gasteiger charge is 2.12. The van der Waals surface area contributed by atoms with Crippen molar-refractivity contribution in [2.75, 3.05) is 6.54 Å². The third kappa shape index (κ3) is 4.25. The number of rotatable bonds is 5. The molecule has 1 N–H and O–H groups in total. The summed E-state index contributed by atoms with van der Waals surface area (Å²) < 4.78 is 18.6. The number of oxazole rings is 1. The molecule has 0 aliphatic heterocycles. The fourth-order valence-electron chi connectivity index (χ4n) is 2.40. The van der Waals surface area contributed by atoms with Gasteiger partial charge in [-0.2, -0.15) is 0 Å². The molecule has 0 atom stereocenters. The Labute approximate surface area is 149 Å². The van der Waals surface area contributed by atoms with Crippen molar-refractivity contribution in [1.82, 2.24) is 10.3 Å². The molecule has 0 spiro atoms. The van der Waals surface area contributed by atoms with E-state index in [1.807, 2.05) is 6.92 Å². The van der Waals surface area contributed by atoms with Gasteiger partial charge in [-0.25, -0.2) is 9.37 Å². The van der Waals surface area contributed by atoms with Gasteiger partial charge in [0.15, 0.2) is 0 Å². The first-order chi connectivity index (χ1) is 12.0. The summed E-state index contributed by atoms with van der Waals surface area (Å²) in [6.45, 7) is 2.23. The number of carbonyl (C=O) groups is 1. The van der Waals surface area contributed by atoms with Crippen LogP contribution in [0.2, 0.25) is 5.02 Å². The average Bonchev–Trinajstić information content (AvgIpc) is 2.96. The van der Waals surface area contributed by atoms with E-state index in [1.54, 1.807) is 36.4 Å². The van der Waals surface area contributed by atoms with E-state index in [-0.39, 0.29) is 11.7 Å². The van der Waals surface area contributed by atoms with Crippen LogP contribution in [-0.4, -0.2) is 17.4 Å². The fraction of sp³-hybridized carbons (Fsp3) is 0.158. The molecule has 25 heavy (non-hydrogen) atoms. The molecule has 1 amide bonds. The zero-order valence-electron chi connectivity index (χ0n) is 13.6. The number of halogens is 2. The van der Waals surface area contributed by atoms with Crippen LogP contribution in [0.1, 0.15) is 21.8 Å². The lowest BCUT2D eigenvalue weighted by molar-refractivity contribution is 0.0954. The molecule has 6 heteroatoms. The second kappa shape index (κ2) is 7.49. The van der Waals surface area contributed by atoms with E-state index in [1.165, 1.54) is 12.1 Å². The first-order valence-corrected chi connectivity index (χ1v) is 8.17. The monoisotopic (exact) mass is 358 g/mol. The molecule has 0 aliphatic rings. The van der Waals surface area contributed by atoms with Gasteiger partial charge in [-0.3, -0.25) is 4.79 Å². The Balaban J connectivity index is 1.62. The van der Waals surface area contributed by atoms with Crippen LogP contribution in [-0.2, 0) is 6.42 Å². The van der Waals surface area contributed by atoms with Crippen molar-refractivity contribution >= 4 is 17.5 Å². The highest BCUT2D eigenvalue weighted by atomic mass is 35.5.